The van der Waals surface area contributed by atoms with Gasteiger partial charge in [-0.3, -0.25) is 14.9 Å². The third kappa shape index (κ3) is 3.97. The first-order chi connectivity index (χ1) is 15.4. The van der Waals surface area contributed by atoms with Crippen molar-refractivity contribution >= 4 is 51.2 Å². The number of rotatable bonds is 2. The van der Waals surface area contributed by atoms with E-state index in [4.69, 9.17) is 0 Å². The van der Waals surface area contributed by atoms with Gasteiger partial charge in [-0.2, -0.15) is 0 Å². The molecular formula is C25H25BrFN3O3. The highest BCUT2D eigenvalue weighted by Crippen LogP contribution is 2.43. The number of fused-ring (bicyclic) bond motifs is 1. The van der Waals surface area contributed by atoms with Crippen LogP contribution in [0.3, 0.4) is 0 Å². The summed E-state index contributed by atoms with van der Waals surface area (Å²) in [6.07, 6.45) is 2.11. The van der Waals surface area contributed by atoms with Crippen LogP contribution >= 0.6 is 15.9 Å². The first-order valence-electron chi connectivity index (χ1n) is 10.7. The Kier molecular flexibility index (Phi) is 5.68. The molecule has 0 spiro atoms. The molecule has 1 unspecified atom stereocenters. The number of aryl methyl sites for hydroxylation is 1. The second kappa shape index (κ2) is 8.09. The lowest BCUT2D eigenvalue weighted by Crippen LogP contribution is -2.54. The van der Waals surface area contributed by atoms with Crippen LogP contribution in [0.1, 0.15) is 49.8 Å². The molecule has 0 aromatic heterocycles. The van der Waals surface area contributed by atoms with Crippen LogP contribution < -0.4 is 15.1 Å². The molecule has 0 aliphatic carbocycles. The van der Waals surface area contributed by atoms with Crippen LogP contribution in [-0.4, -0.2) is 30.4 Å². The van der Waals surface area contributed by atoms with Crippen molar-refractivity contribution in [1.29, 1.82) is 0 Å². The topological polar surface area (TPSA) is 69.7 Å². The zero-order chi connectivity index (χ0) is 24.2. The summed E-state index contributed by atoms with van der Waals surface area (Å²) in [7, 11) is 1.93. The van der Waals surface area contributed by atoms with Crippen LogP contribution in [0.15, 0.2) is 40.4 Å². The van der Waals surface area contributed by atoms with Gasteiger partial charge in [0.2, 0.25) is 0 Å². The number of halogens is 2. The molecule has 2 aliphatic rings. The van der Waals surface area contributed by atoms with Gasteiger partial charge < -0.3 is 4.90 Å². The molecule has 0 bridgehead atoms. The summed E-state index contributed by atoms with van der Waals surface area (Å²) in [5.41, 5.74) is 2.47. The molecule has 8 heteroatoms. The minimum atomic E-state index is -0.848. The lowest BCUT2D eigenvalue weighted by molar-refractivity contribution is -0.122. The molecule has 4 rings (SSSR count). The average molecular weight is 514 g/mol. The van der Waals surface area contributed by atoms with Crippen LogP contribution in [-0.2, 0) is 9.59 Å². The van der Waals surface area contributed by atoms with Crippen molar-refractivity contribution in [2.45, 2.75) is 45.6 Å². The summed E-state index contributed by atoms with van der Waals surface area (Å²) in [5, 5.41) is 2.20. The number of benzene rings is 2. The first kappa shape index (κ1) is 23.2. The molecule has 2 aromatic rings. The Hall–Kier alpha value is -3.00. The molecule has 1 N–H and O–H groups in total. The van der Waals surface area contributed by atoms with Gasteiger partial charge in [-0.05, 0) is 80.6 Å². The summed E-state index contributed by atoms with van der Waals surface area (Å²) in [4.78, 5) is 41.2. The van der Waals surface area contributed by atoms with Gasteiger partial charge in [-0.1, -0.05) is 22.9 Å². The van der Waals surface area contributed by atoms with Gasteiger partial charge in [0.05, 0.1) is 5.69 Å². The van der Waals surface area contributed by atoms with Gasteiger partial charge in [0, 0.05) is 28.3 Å². The van der Waals surface area contributed by atoms with Crippen molar-refractivity contribution in [3.8, 4) is 0 Å². The molecule has 172 valence electrons. The first-order valence-corrected chi connectivity index (χ1v) is 11.4. The predicted molar refractivity (Wildman–Crippen MR) is 130 cm³/mol. The lowest BCUT2D eigenvalue weighted by Gasteiger charge is -2.45. The van der Waals surface area contributed by atoms with Crippen LogP contribution in [0.25, 0.3) is 6.08 Å². The van der Waals surface area contributed by atoms with E-state index in [2.05, 4.69) is 46.9 Å². The van der Waals surface area contributed by atoms with E-state index < -0.39 is 23.7 Å². The van der Waals surface area contributed by atoms with Crippen LogP contribution in [0.4, 0.5) is 20.6 Å². The minimum absolute atomic E-state index is 0.124. The van der Waals surface area contributed by atoms with Gasteiger partial charge in [-0.15, -0.1) is 0 Å². The molecule has 6 nitrogen and oxygen atoms in total. The highest BCUT2D eigenvalue weighted by Gasteiger charge is 2.38. The van der Waals surface area contributed by atoms with Gasteiger partial charge >= 0.3 is 6.03 Å². The van der Waals surface area contributed by atoms with Crippen molar-refractivity contribution < 1.29 is 18.8 Å². The fourth-order valence-corrected chi connectivity index (χ4v) is 5.09. The predicted octanol–water partition coefficient (Wildman–Crippen LogP) is 5.29. The molecular weight excluding hydrogens is 489 g/mol. The van der Waals surface area contributed by atoms with Crippen molar-refractivity contribution in [2.24, 2.45) is 0 Å². The number of amides is 4. The Morgan fingerprint density at radius 1 is 1.15 bits per heavy atom. The maximum Gasteiger partial charge on any atom is 0.335 e. The number of imide groups is 2. The number of hydrogen-bond donors (Lipinski definition) is 1. The standard InChI is InChI=1S/C25H25BrFN3O3/c1-13-8-16(26)6-7-20(13)30-23(32)18(22(31)28-24(30)33)10-15-9-17-14(2)12-25(3,4)29(5)21(17)11-19(15)27/h6-11,14H,12H2,1-5H3,(H,28,31,33)/b18-10-. The molecule has 4 amide bonds. The third-order valence-electron chi connectivity index (χ3n) is 6.55. The number of carbonyl (C=O) groups excluding carboxylic acids is 3. The summed E-state index contributed by atoms with van der Waals surface area (Å²) in [5.74, 6) is -2.01. The van der Waals surface area contributed by atoms with E-state index in [-0.39, 0.29) is 22.6 Å². The molecule has 2 aromatic carbocycles. The molecule has 1 saturated heterocycles. The smallest absolute Gasteiger partial charge is 0.335 e. The maximum absolute atomic E-state index is 15.1. The van der Waals surface area contributed by atoms with Crippen LogP contribution in [0, 0.1) is 12.7 Å². The molecule has 1 atom stereocenters. The normalized spacial score (nSPS) is 21.4. The summed E-state index contributed by atoms with van der Waals surface area (Å²) in [6, 6.07) is 7.38. The number of nitrogens with one attached hydrogen (secondary N) is 1. The number of urea groups is 1. The minimum Gasteiger partial charge on any atom is -0.369 e. The fourth-order valence-electron chi connectivity index (χ4n) is 4.62. The van der Waals surface area contributed by atoms with E-state index in [0.717, 1.165) is 27.0 Å². The quantitative estimate of drug-likeness (QED) is 0.437. The number of barbiturate groups is 1. The maximum atomic E-state index is 15.1. The fraction of sp³-hybridized carbons (Fsp3) is 0.320. The highest BCUT2D eigenvalue weighted by molar-refractivity contribution is 9.10. The number of anilines is 2. The van der Waals surface area contributed by atoms with Crippen molar-refractivity contribution in [3.05, 3.63) is 62.9 Å². The second-order valence-corrected chi connectivity index (χ2v) is 10.2. The largest absolute Gasteiger partial charge is 0.369 e. The van der Waals surface area contributed by atoms with Crippen LogP contribution in [0.5, 0.6) is 0 Å². The Labute approximate surface area is 200 Å². The monoisotopic (exact) mass is 513 g/mol. The number of nitrogens with zero attached hydrogens (tertiary/aromatic N) is 2. The number of carbonyl (C=O) groups is 3. The second-order valence-electron chi connectivity index (χ2n) is 9.30. The lowest BCUT2D eigenvalue weighted by atomic mass is 9.80. The SMILES string of the molecule is Cc1cc(Br)ccc1N1C(=O)NC(=O)/C(=C/c2cc3c(cc2F)N(C)C(C)(C)CC3C)C1=O. The summed E-state index contributed by atoms with van der Waals surface area (Å²) >= 11 is 3.36. The summed E-state index contributed by atoms with van der Waals surface area (Å²) < 4.78 is 15.9. The molecule has 0 radical (unpaired) electrons. The van der Waals surface area contributed by atoms with Gasteiger partial charge in [0.15, 0.2) is 0 Å². The Bertz CT molecular complexity index is 1240. The van der Waals surface area contributed by atoms with E-state index in [1.807, 2.05) is 7.05 Å². The Morgan fingerprint density at radius 2 is 1.85 bits per heavy atom. The van der Waals surface area contributed by atoms with E-state index in [9.17, 15) is 14.4 Å². The van der Waals surface area contributed by atoms with Crippen molar-refractivity contribution in [1.82, 2.24) is 5.32 Å². The molecule has 33 heavy (non-hydrogen) atoms. The van der Waals surface area contributed by atoms with Gasteiger partial charge in [0.1, 0.15) is 11.4 Å². The molecule has 2 heterocycles. The van der Waals surface area contributed by atoms with E-state index >= 15 is 4.39 Å². The average Bonchev–Trinajstić information content (AvgIpc) is 2.71. The number of hydrogen-bond acceptors (Lipinski definition) is 4. The Morgan fingerprint density at radius 3 is 2.52 bits per heavy atom. The van der Waals surface area contributed by atoms with Crippen molar-refractivity contribution in [3.63, 3.8) is 0 Å². The molecule has 0 saturated carbocycles. The molecule has 2 aliphatic heterocycles. The van der Waals surface area contributed by atoms with E-state index in [1.165, 1.54) is 12.1 Å². The molecule has 1 fully saturated rings. The van der Waals surface area contributed by atoms with E-state index in [1.54, 1.807) is 31.2 Å². The zero-order valence-electron chi connectivity index (χ0n) is 19.1. The Balaban J connectivity index is 1.78. The highest BCUT2D eigenvalue weighted by atomic mass is 79.9. The zero-order valence-corrected chi connectivity index (χ0v) is 20.7. The van der Waals surface area contributed by atoms with Crippen molar-refractivity contribution in [2.75, 3.05) is 16.8 Å². The van der Waals surface area contributed by atoms with Crippen LogP contribution in [0.2, 0.25) is 0 Å². The third-order valence-corrected chi connectivity index (χ3v) is 7.05. The summed E-state index contributed by atoms with van der Waals surface area (Å²) in [6.45, 7) is 8.06. The van der Waals surface area contributed by atoms with E-state index in [0.29, 0.717) is 11.3 Å². The van der Waals surface area contributed by atoms with Gasteiger partial charge in [-0.25, -0.2) is 14.1 Å². The van der Waals surface area contributed by atoms with Gasteiger partial charge in [0.25, 0.3) is 11.8 Å².